The molecule has 0 spiro atoms. The Morgan fingerprint density at radius 1 is 0.484 bits per heavy atom. The van der Waals surface area contributed by atoms with Crippen LogP contribution in [0.1, 0.15) is 155 Å². The second-order valence-electron chi connectivity index (χ2n) is 9.25. The van der Waals surface area contributed by atoms with E-state index in [1.165, 1.54) is 116 Å². The summed E-state index contributed by atoms with van der Waals surface area (Å²) < 4.78 is 0. The van der Waals surface area contributed by atoms with Crippen molar-refractivity contribution in [1.29, 1.82) is 0 Å². The molecule has 0 atom stereocenters. The lowest BCUT2D eigenvalue weighted by atomic mass is 10.0. The lowest BCUT2D eigenvalue weighted by Gasteiger charge is -2.03. The zero-order valence-corrected chi connectivity index (χ0v) is 20.9. The Hall–Kier alpha value is -1.05. The normalized spacial score (nSPS) is 11.8. The summed E-state index contributed by atoms with van der Waals surface area (Å²) in [5.41, 5.74) is 0. The maximum absolute atomic E-state index is 10.4. The van der Waals surface area contributed by atoms with E-state index in [0.29, 0.717) is 0 Å². The van der Waals surface area contributed by atoms with Crippen LogP contribution in [0.4, 0.5) is 0 Å². The third-order valence-electron chi connectivity index (χ3n) is 6.07. The van der Waals surface area contributed by atoms with Crippen LogP contribution in [0.15, 0.2) is 24.3 Å². The second kappa shape index (κ2) is 27.0. The van der Waals surface area contributed by atoms with E-state index in [1.54, 1.807) is 0 Å². The van der Waals surface area contributed by atoms with Gasteiger partial charge in [0.05, 0.1) is 0 Å². The van der Waals surface area contributed by atoms with E-state index in [0.717, 1.165) is 25.7 Å². The summed E-state index contributed by atoms with van der Waals surface area (Å²) in [4.78, 5) is 10.4. The maximum atomic E-state index is 10.4. The van der Waals surface area contributed by atoms with Gasteiger partial charge in [-0.25, -0.2) is 0 Å². The van der Waals surface area contributed by atoms with Crippen LogP contribution in [0, 0.1) is 0 Å². The Morgan fingerprint density at radius 2 is 0.806 bits per heavy atom. The largest absolute Gasteiger partial charge is 0.481 e. The molecule has 0 rings (SSSR count). The predicted molar refractivity (Wildman–Crippen MR) is 138 cm³/mol. The van der Waals surface area contributed by atoms with Gasteiger partial charge in [0, 0.05) is 6.42 Å². The summed E-state index contributed by atoms with van der Waals surface area (Å²) in [6.45, 7) is 2.29. The van der Waals surface area contributed by atoms with Crippen molar-refractivity contribution in [3.63, 3.8) is 0 Å². The van der Waals surface area contributed by atoms with Gasteiger partial charge >= 0.3 is 5.97 Å². The van der Waals surface area contributed by atoms with Crippen LogP contribution in [0.5, 0.6) is 0 Å². The van der Waals surface area contributed by atoms with E-state index in [9.17, 15) is 4.79 Å². The number of hydrogen-bond acceptors (Lipinski definition) is 1. The molecule has 2 nitrogen and oxygen atoms in total. The fourth-order valence-electron chi connectivity index (χ4n) is 4.02. The van der Waals surface area contributed by atoms with Gasteiger partial charge in [0.1, 0.15) is 0 Å². The quantitative estimate of drug-likeness (QED) is 0.115. The Bertz CT molecular complexity index is 411. The number of hydrogen-bond donors (Lipinski definition) is 1. The molecule has 0 aliphatic rings. The van der Waals surface area contributed by atoms with Crippen LogP contribution in [-0.2, 0) is 4.79 Å². The average Bonchev–Trinajstić information content (AvgIpc) is 2.76. The number of carboxylic acid groups (broad SMARTS) is 1. The highest BCUT2D eigenvalue weighted by atomic mass is 16.4. The molecular weight excluding hydrogens is 380 g/mol. The summed E-state index contributed by atoms with van der Waals surface area (Å²) in [6.07, 6.45) is 38.6. The summed E-state index contributed by atoms with van der Waals surface area (Å²) in [7, 11) is 0. The van der Waals surface area contributed by atoms with Crippen molar-refractivity contribution in [2.45, 2.75) is 155 Å². The van der Waals surface area contributed by atoms with E-state index in [4.69, 9.17) is 5.11 Å². The highest BCUT2D eigenvalue weighted by Gasteiger charge is 1.95. The van der Waals surface area contributed by atoms with Crippen LogP contribution < -0.4 is 0 Å². The van der Waals surface area contributed by atoms with E-state index in [2.05, 4.69) is 31.2 Å². The first-order valence-electron chi connectivity index (χ1n) is 13.8. The summed E-state index contributed by atoms with van der Waals surface area (Å²) in [6, 6.07) is 0. The van der Waals surface area contributed by atoms with Crippen LogP contribution >= 0.6 is 0 Å². The van der Waals surface area contributed by atoms with Gasteiger partial charge < -0.3 is 5.11 Å². The predicted octanol–water partition coefficient (Wildman–Crippen LogP) is 10.2. The first-order valence-corrected chi connectivity index (χ1v) is 13.8. The number of carbonyl (C=O) groups is 1. The molecule has 0 aromatic heterocycles. The lowest BCUT2D eigenvalue weighted by molar-refractivity contribution is -0.137. The molecule has 0 aromatic rings. The first kappa shape index (κ1) is 29.9. The second-order valence-corrected chi connectivity index (χ2v) is 9.25. The van der Waals surface area contributed by atoms with Gasteiger partial charge in [0.2, 0.25) is 0 Å². The Balaban J connectivity index is 3.12. The molecule has 0 fully saturated rings. The number of unbranched alkanes of at least 4 members (excludes halogenated alkanes) is 19. The Morgan fingerprint density at radius 3 is 1.19 bits per heavy atom. The zero-order chi connectivity index (χ0) is 22.7. The molecule has 0 unspecified atom stereocenters. The van der Waals surface area contributed by atoms with Gasteiger partial charge in [-0.05, 0) is 38.5 Å². The Kier molecular flexibility index (Phi) is 26.1. The standard InChI is InChI=1S/C29H54O2/c1-2-3-4-5-6-7-8-9-10-11-12-13-14-15-16-17-18-19-20-21-22-23-24-25-26-27-28-29(30)31/h20-21,24-25H,2-19,22-23,26-28H2,1H3,(H,30,31)/b21-20-,25-24-. The van der Waals surface area contributed by atoms with E-state index in [-0.39, 0.29) is 6.42 Å². The van der Waals surface area contributed by atoms with Crippen LogP contribution in [-0.4, -0.2) is 11.1 Å². The van der Waals surface area contributed by atoms with Crippen molar-refractivity contribution in [1.82, 2.24) is 0 Å². The van der Waals surface area contributed by atoms with Gasteiger partial charge in [0.15, 0.2) is 0 Å². The molecular formula is C29H54O2. The minimum Gasteiger partial charge on any atom is -0.481 e. The van der Waals surface area contributed by atoms with Crippen LogP contribution in [0.25, 0.3) is 0 Å². The fourth-order valence-corrected chi connectivity index (χ4v) is 4.02. The lowest BCUT2D eigenvalue weighted by Crippen LogP contribution is -1.92. The number of carboxylic acids is 1. The molecule has 0 radical (unpaired) electrons. The summed E-state index contributed by atoms with van der Waals surface area (Å²) in [5.74, 6) is -0.694. The monoisotopic (exact) mass is 434 g/mol. The Labute approximate surface area is 195 Å². The van der Waals surface area contributed by atoms with E-state index < -0.39 is 5.97 Å². The van der Waals surface area contributed by atoms with Gasteiger partial charge in [-0.3, -0.25) is 4.79 Å². The van der Waals surface area contributed by atoms with Crippen molar-refractivity contribution in [2.75, 3.05) is 0 Å². The van der Waals surface area contributed by atoms with Crippen molar-refractivity contribution in [3.05, 3.63) is 24.3 Å². The molecule has 0 bridgehead atoms. The molecule has 0 aromatic carbocycles. The average molecular weight is 435 g/mol. The van der Waals surface area contributed by atoms with Gasteiger partial charge in [-0.15, -0.1) is 0 Å². The number of rotatable bonds is 25. The van der Waals surface area contributed by atoms with Crippen molar-refractivity contribution < 1.29 is 9.90 Å². The summed E-state index contributed by atoms with van der Waals surface area (Å²) >= 11 is 0. The molecule has 2 heteroatoms. The molecule has 182 valence electrons. The summed E-state index contributed by atoms with van der Waals surface area (Å²) in [5, 5.41) is 8.57. The van der Waals surface area contributed by atoms with Crippen molar-refractivity contribution >= 4 is 5.97 Å². The molecule has 0 saturated heterocycles. The van der Waals surface area contributed by atoms with E-state index in [1.807, 2.05) is 0 Å². The molecule has 31 heavy (non-hydrogen) atoms. The first-order chi connectivity index (χ1) is 15.3. The third-order valence-corrected chi connectivity index (χ3v) is 6.07. The zero-order valence-electron chi connectivity index (χ0n) is 20.9. The smallest absolute Gasteiger partial charge is 0.303 e. The SMILES string of the molecule is CCCCCCCCCCCCCCCCCCC/C=C\CC/C=C\CCCC(=O)O. The molecule has 0 aliphatic heterocycles. The van der Waals surface area contributed by atoms with Gasteiger partial charge in [-0.1, -0.05) is 134 Å². The minimum atomic E-state index is -0.694. The topological polar surface area (TPSA) is 37.3 Å². The van der Waals surface area contributed by atoms with Gasteiger partial charge in [0.25, 0.3) is 0 Å². The molecule has 0 aliphatic carbocycles. The number of aliphatic carboxylic acids is 1. The molecule has 0 heterocycles. The van der Waals surface area contributed by atoms with Crippen molar-refractivity contribution in [3.8, 4) is 0 Å². The van der Waals surface area contributed by atoms with Crippen LogP contribution in [0.2, 0.25) is 0 Å². The molecule has 1 N–H and O–H groups in total. The fraction of sp³-hybridized carbons (Fsp3) is 0.828. The van der Waals surface area contributed by atoms with E-state index >= 15 is 0 Å². The third kappa shape index (κ3) is 28.9. The van der Waals surface area contributed by atoms with Crippen LogP contribution in [0.3, 0.4) is 0 Å². The minimum absolute atomic E-state index is 0.281. The highest BCUT2D eigenvalue weighted by molar-refractivity contribution is 5.66. The highest BCUT2D eigenvalue weighted by Crippen LogP contribution is 2.14. The van der Waals surface area contributed by atoms with Crippen molar-refractivity contribution in [2.24, 2.45) is 0 Å². The molecule has 0 saturated carbocycles. The van der Waals surface area contributed by atoms with Gasteiger partial charge in [-0.2, -0.15) is 0 Å². The maximum Gasteiger partial charge on any atom is 0.303 e. The molecule has 0 amide bonds. The number of allylic oxidation sites excluding steroid dienone is 4.